The number of para-hydroxylation sites is 2. The van der Waals surface area contributed by atoms with Crippen molar-refractivity contribution in [1.29, 1.82) is 0 Å². The van der Waals surface area contributed by atoms with E-state index in [1.807, 2.05) is 24.4 Å². The Morgan fingerprint density at radius 2 is 1.76 bits per heavy atom. The molecule has 3 rings (SSSR count). The van der Waals surface area contributed by atoms with Gasteiger partial charge in [-0.1, -0.05) is 12.1 Å². The predicted molar refractivity (Wildman–Crippen MR) is 92.0 cm³/mol. The van der Waals surface area contributed by atoms with Crippen LogP contribution in [-0.2, 0) is 0 Å². The Bertz CT molecular complexity index is 636. The summed E-state index contributed by atoms with van der Waals surface area (Å²) in [4.78, 5) is 9.19. The third-order valence-corrected chi connectivity index (χ3v) is 4.74. The van der Waals surface area contributed by atoms with E-state index >= 15 is 0 Å². The van der Waals surface area contributed by atoms with E-state index in [9.17, 15) is 0 Å². The van der Waals surface area contributed by atoms with E-state index in [0.717, 1.165) is 47.8 Å². The lowest BCUT2D eigenvalue weighted by atomic mass is 10.2. The average molecular weight is 347 g/mol. The molecule has 2 N–H and O–H groups in total. The van der Waals surface area contributed by atoms with Crippen LogP contribution in [0.15, 0.2) is 41.0 Å². The molecule has 2 aromatic rings. The first-order valence-corrected chi connectivity index (χ1v) is 7.91. The van der Waals surface area contributed by atoms with Gasteiger partial charge in [0.2, 0.25) is 0 Å². The number of benzene rings is 1. The second-order valence-corrected chi connectivity index (χ2v) is 6.18. The summed E-state index contributed by atoms with van der Waals surface area (Å²) in [5.41, 5.74) is 9.26. The maximum atomic E-state index is 6.06. The minimum absolute atomic E-state index is 0.851. The second-order valence-electron chi connectivity index (χ2n) is 5.32. The Labute approximate surface area is 133 Å². The molecule has 4 nitrogen and oxygen atoms in total. The minimum atomic E-state index is 0.851. The highest BCUT2D eigenvalue weighted by Crippen LogP contribution is 2.25. The largest absolute Gasteiger partial charge is 0.397 e. The van der Waals surface area contributed by atoms with E-state index in [1.165, 1.54) is 5.56 Å². The van der Waals surface area contributed by atoms with E-state index in [-0.39, 0.29) is 0 Å². The van der Waals surface area contributed by atoms with Gasteiger partial charge in [-0.3, -0.25) is 0 Å². The van der Waals surface area contributed by atoms with Crippen molar-refractivity contribution >= 4 is 33.1 Å². The van der Waals surface area contributed by atoms with Crippen LogP contribution in [0.3, 0.4) is 0 Å². The lowest BCUT2D eigenvalue weighted by Gasteiger charge is -2.37. The molecule has 0 spiro atoms. The molecule has 21 heavy (non-hydrogen) atoms. The summed E-state index contributed by atoms with van der Waals surface area (Å²) < 4.78 is 1.06. The molecule has 1 aromatic carbocycles. The summed E-state index contributed by atoms with van der Waals surface area (Å²) in [6.45, 7) is 5.94. The van der Waals surface area contributed by atoms with Gasteiger partial charge in [0.05, 0.1) is 11.4 Å². The Kier molecular flexibility index (Phi) is 4.01. The molecule has 0 bridgehead atoms. The summed E-state index contributed by atoms with van der Waals surface area (Å²) >= 11 is 3.50. The molecule has 5 heteroatoms. The lowest BCUT2D eigenvalue weighted by molar-refractivity contribution is 0.648. The molecule has 0 amide bonds. The molecule has 1 saturated heterocycles. The van der Waals surface area contributed by atoms with Crippen LogP contribution in [0.25, 0.3) is 0 Å². The van der Waals surface area contributed by atoms with E-state index in [0.29, 0.717) is 0 Å². The third kappa shape index (κ3) is 2.97. The van der Waals surface area contributed by atoms with E-state index in [4.69, 9.17) is 5.73 Å². The van der Waals surface area contributed by atoms with Gasteiger partial charge in [0.15, 0.2) is 0 Å². The van der Waals surface area contributed by atoms with Gasteiger partial charge in [-0.25, -0.2) is 4.98 Å². The first-order valence-electron chi connectivity index (χ1n) is 7.11. The summed E-state index contributed by atoms with van der Waals surface area (Å²) in [6, 6.07) is 10.2. The fourth-order valence-corrected chi connectivity index (χ4v) is 2.87. The zero-order chi connectivity index (χ0) is 14.8. The van der Waals surface area contributed by atoms with Crippen molar-refractivity contribution in [1.82, 2.24) is 4.98 Å². The van der Waals surface area contributed by atoms with E-state index < -0.39 is 0 Å². The number of aromatic nitrogens is 1. The molecule has 0 unspecified atom stereocenters. The summed E-state index contributed by atoms with van der Waals surface area (Å²) in [5.74, 6) is 1.05. The predicted octanol–water partition coefficient (Wildman–Crippen LogP) is 3.06. The first-order chi connectivity index (χ1) is 10.1. The van der Waals surface area contributed by atoms with Gasteiger partial charge in [0.1, 0.15) is 5.82 Å². The highest BCUT2D eigenvalue weighted by molar-refractivity contribution is 9.10. The molecule has 1 aliphatic heterocycles. The standard InChI is InChI=1S/C16H19BrN4/c1-12-10-16(19-11-13(12)17)21-8-6-20(7-9-21)15-5-3-2-4-14(15)18/h2-5,10-11H,6-9,18H2,1H3. The van der Waals surface area contributed by atoms with Gasteiger partial charge in [0, 0.05) is 36.8 Å². The molecule has 1 aliphatic rings. The number of pyridine rings is 1. The molecule has 0 atom stereocenters. The zero-order valence-corrected chi connectivity index (χ0v) is 13.7. The Hall–Kier alpha value is -1.75. The van der Waals surface area contributed by atoms with Crippen molar-refractivity contribution in [3.8, 4) is 0 Å². The average Bonchev–Trinajstić information content (AvgIpc) is 2.51. The molecular weight excluding hydrogens is 328 g/mol. The molecule has 0 aliphatic carbocycles. The van der Waals surface area contributed by atoms with Crippen LogP contribution >= 0.6 is 15.9 Å². The molecule has 0 saturated carbocycles. The van der Waals surface area contributed by atoms with E-state index in [2.05, 4.69) is 49.8 Å². The summed E-state index contributed by atoms with van der Waals surface area (Å²) in [7, 11) is 0. The zero-order valence-electron chi connectivity index (χ0n) is 12.1. The minimum Gasteiger partial charge on any atom is -0.397 e. The normalized spacial score (nSPS) is 15.3. The molecule has 1 aromatic heterocycles. The Morgan fingerprint density at radius 1 is 1.10 bits per heavy atom. The third-order valence-electron chi connectivity index (χ3n) is 3.91. The Balaban J connectivity index is 1.70. The number of anilines is 3. The van der Waals surface area contributed by atoms with Crippen molar-refractivity contribution in [2.45, 2.75) is 6.92 Å². The van der Waals surface area contributed by atoms with Crippen LogP contribution in [0.1, 0.15) is 5.56 Å². The SMILES string of the molecule is Cc1cc(N2CCN(c3ccccc3N)CC2)ncc1Br. The maximum Gasteiger partial charge on any atom is 0.128 e. The van der Waals surface area contributed by atoms with Gasteiger partial charge < -0.3 is 15.5 Å². The fraction of sp³-hybridized carbons (Fsp3) is 0.312. The monoisotopic (exact) mass is 346 g/mol. The summed E-state index contributed by atoms with van der Waals surface area (Å²) in [6.07, 6.45) is 1.88. The second kappa shape index (κ2) is 5.93. The van der Waals surface area contributed by atoms with Crippen LogP contribution in [0.2, 0.25) is 0 Å². The topological polar surface area (TPSA) is 45.4 Å². The number of aryl methyl sites for hydroxylation is 1. The maximum absolute atomic E-state index is 6.06. The number of halogens is 1. The number of nitrogen functional groups attached to an aromatic ring is 1. The van der Waals surface area contributed by atoms with Crippen molar-refractivity contribution in [2.24, 2.45) is 0 Å². The van der Waals surface area contributed by atoms with Crippen molar-refractivity contribution in [3.05, 3.63) is 46.6 Å². The van der Waals surface area contributed by atoms with Gasteiger partial charge >= 0.3 is 0 Å². The quantitative estimate of drug-likeness (QED) is 0.849. The van der Waals surface area contributed by atoms with Gasteiger partial charge in [-0.15, -0.1) is 0 Å². The van der Waals surface area contributed by atoms with Crippen molar-refractivity contribution in [3.63, 3.8) is 0 Å². The van der Waals surface area contributed by atoms with E-state index in [1.54, 1.807) is 0 Å². The lowest BCUT2D eigenvalue weighted by Crippen LogP contribution is -2.47. The molecule has 110 valence electrons. The number of rotatable bonds is 2. The number of nitrogens with two attached hydrogens (primary N) is 1. The number of piperazine rings is 1. The van der Waals surface area contributed by atoms with Crippen LogP contribution < -0.4 is 15.5 Å². The molecule has 1 fully saturated rings. The van der Waals surface area contributed by atoms with Crippen molar-refractivity contribution in [2.75, 3.05) is 41.7 Å². The highest BCUT2D eigenvalue weighted by Gasteiger charge is 2.19. The van der Waals surface area contributed by atoms with Crippen LogP contribution in [0.4, 0.5) is 17.2 Å². The smallest absolute Gasteiger partial charge is 0.128 e. The molecular formula is C16H19BrN4. The van der Waals surface area contributed by atoms with Gasteiger partial charge in [0.25, 0.3) is 0 Å². The van der Waals surface area contributed by atoms with Gasteiger partial charge in [-0.05, 0) is 46.6 Å². The molecule has 0 radical (unpaired) electrons. The Morgan fingerprint density at radius 3 is 2.43 bits per heavy atom. The summed E-state index contributed by atoms with van der Waals surface area (Å²) in [5, 5.41) is 0. The molecule has 2 heterocycles. The fourth-order valence-electron chi connectivity index (χ4n) is 2.65. The highest BCUT2D eigenvalue weighted by atomic mass is 79.9. The van der Waals surface area contributed by atoms with Crippen LogP contribution in [0.5, 0.6) is 0 Å². The van der Waals surface area contributed by atoms with Crippen LogP contribution in [-0.4, -0.2) is 31.2 Å². The first kappa shape index (κ1) is 14.2. The van der Waals surface area contributed by atoms with Crippen molar-refractivity contribution < 1.29 is 0 Å². The number of nitrogens with zero attached hydrogens (tertiary/aromatic N) is 3. The number of hydrogen-bond acceptors (Lipinski definition) is 4. The number of hydrogen-bond donors (Lipinski definition) is 1. The van der Waals surface area contributed by atoms with Gasteiger partial charge in [-0.2, -0.15) is 0 Å². The van der Waals surface area contributed by atoms with Crippen LogP contribution in [0, 0.1) is 6.92 Å².